The standard InChI is InChI=1S/C16H28BrN3/c1-13(2)12-20(10-9-19(3)4)16(11-18)14-5-7-15(17)8-6-14/h5-8,13,16H,9-12,18H2,1-4H3. The zero-order valence-corrected chi connectivity index (χ0v) is 14.7. The average Bonchev–Trinajstić information content (AvgIpc) is 2.38. The van der Waals surface area contributed by atoms with Gasteiger partial charge in [0, 0.05) is 36.7 Å². The summed E-state index contributed by atoms with van der Waals surface area (Å²) in [4.78, 5) is 4.73. The van der Waals surface area contributed by atoms with Crippen molar-refractivity contribution in [2.75, 3.05) is 40.3 Å². The van der Waals surface area contributed by atoms with Gasteiger partial charge in [0.2, 0.25) is 0 Å². The minimum atomic E-state index is 0.297. The van der Waals surface area contributed by atoms with Crippen LogP contribution >= 0.6 is 15.9 Å². The molecule has 2 N–H and O–H groups in total. The van der Waals surface area contributed by atoms with E-state index in [1.54, 1.807) is 0 Å². The van der Waals surface area contributed by atoms with Crippen molar-refractivity contribution in [1.82, 2.24) is 9.80 Å². The van der Waals surface area contributed by atoms with E-state index < -0.39 is 0 Å². The molecule has 3 nitrogen and oxygen atoms in total. The molecule has 4 heteroatoms. The van der Waals surface area contributed by atoms with Crippen molar-refractivity contribution in [3.8, 4) is 0 Å². The molecule has 114 valence electrons. The number of hydrogen-bond donors (Lipinski definition) is 1. The van der Waals surface area contributed by atoms with E-state index in [9.17, 15) is 0 Å². The lowest BCUT2D eigenvalue weighted by atomic mass is 10.0. The van der Waals surface area contributed by atoms with Crippen LogP contribution in [0.2, 0.25) is 0 Å². The Bertz CT molecular complexity index is 376. The van der Waals surface area contributed by atoms with Gasteiger partial charge in [-0.25, -0.2) is 0 Å². The molecular weight excluding hydrogens is 314 g/mol. The third kappa shape index (κ3) is 5.92. The Morgan fingerprint density at radius 2 is 1.70 bits per heavy atom. The van der Waals surface area contributed by atoms with Gasteiger partial charge in [0.15, 0.2) is 0 Å². The SMILES string of the molecule is CC(C)CN(CCN(C)C)C(CN)c1ccc(Br)cc1. The van der Waals surface area contributed by atoms with Crippen LogP contribution < -0.4 is 5.73 Å². The fourth-order valence-electron chi connectivity index (χ4n) is 2.35. The van der Waals surface area contributed by atoms with Crippen LogP contribution in [0.15, 0.2) is 28.7 Å². The Hall–Kier alpha value is -0.420. The summed E-state index contributed by atoms with van der Waals surface area (Å²) >= 11 is 3.49. The second-order valence-electron chi connectivity index (χ2n) is 6.00. The molecule has 0 spiro atoms. The first kappa shape index (κ1) is 17.6. The number of likely N-dealkylation sites (N-methyl/N-ethyl adjacent to an activating group) is 1. The highest BCUT2D eigenvalue weighted by Crippen LogP contribution is 2.22. The third-order valence-corrected chi connectivity index (χ3v) is 3.88. The van der Waals surface area contributed by atoms with Gasteiger partial charge in [-0.15, -0.1) is 0 Å². The molecule has 0 amide bonds. The lowest BCUT2D eigenvalue weighted by molar-refractivity contribution is 0.163. The first-order chi connectivity index (χ1) is 9.43. The maximum Gasteiger partial charge on any atom is 0.0471 e. The Kier molecular flexibility index (Phi) is 7.74. The van der Waals surface area contributed by atoms with E-state index in [1.165, 1.54) is 5.56 Å². The maximum absolute atomic E-state index is 6.06. The van der Waals surface area contributed by atoms with E-state index >= 15 is 0 Å². The second kappa shape index (κ2) is 8.78. The molecule has 0 heterocycles. The van der Waals surface area contributed by atoms with E-state index in [2.05, 4.69) is 77.9 Å². The summed E-state index contributed by atoms with van der Waals surface area (Å²) in [7, 11) is 4.23. The molecule has 0 aromatic heterocycles. The molecule has 1 rings (SSSR count). The van der Waals surface area contributed by atoms with Gasteiger partial charge < -0.3 is 10.6 Å². The summed E-state index contributed by atoms with van der Waals surface area (Å²) < 4.78 is 1.11. The van der Waals surface area contributed by atoms with Crippen molar-refractivity contribution >= 4 is 15.9 Å². The van der Waals surface area contributed by atoms with Crippen LogP contribution in [0, 0.1) is 5.92 Å². The van der Waals surface area contributed by atoms with Crippen molar-refractivity contribution < 1.29 is 0 Å². The number of rotatable bonds is 8. The largest absolute Gasteiger partial charge is 0.329 e. The van der Waals surface area contributed by atoms with Crippen LogP contribution in [-0.2, 0) is 0 Å². The fraction of sp³-hybridized carbons (Fsp3) is 0.625. The van der Waals surface area contributed by atoms with Crippen molar-refractivity contribution in [3.05, 3.63) is 34.3 Å². The van der Waals surface area contributed by atoms with Crippen molar-refractivity contribution in [3.63, 3.8) is 0 Å². The van der Waals surface area contributed by atoms with Crippen LogP contribution in [0.3, 0.4) is 0 Å². The first-order valence-corrected chi connectivity index (χ1v) is 8.07. The monoisotopic (exact) mass is 341 g/mol. The van der Waals surface area contributed by atoms with Crippen LogP contribution in [0.25, 0.3) is 0 Å². The van der Waals surface area contributed by atoms with E-state index in [4.69, 9.17) is 5.73 Å². The van der Waals surface area contributed by atoms with Crippen LogP contribution in [-0.4, -0.2) is 50.1 Å². The molecule has 0 aliphatic rings. The molecule has 1 atom stereocenters. The molecule has 1 unspecified atom stereocenters. The average molecular weight is 342 g/mol. The summed E-state index contributed by atoms with van der Waals surface area (Å²) in [5, 5.41) is 0. The number of nitrogens with zero attached hydrogens (tertiary/aromatic N) is 2. The zero-order valence-electron chi connectivity index (χ0n) is 13.1. The maximum atomic E-state index is 6.06. The van der Waals surface area contributed by atoms with Gasteiger partial charge in [-0.2, -0.15) is 0 Å². The Morgan fingerprint density at radius 1 is 1.10 bits per heavy atom. The van der Waals surface area contributed by atoms with Gasteiger partial charge in [0.25, 0.3) is 0 Å². The molecule has 0 fully saturated rings. The molecule has 0 radical (unpaired) electrons. The molecule has 0 saturated carbocycles. The number of halogens is 1. The van der Waals surface area contributed by atoms with E-state index in [0.717, 1.165) is 24.1 Å². The van der Waals surface area contributed by atoms with Crippen molar-refractivity contribution in [2.45, 2.75) is 19.9 Å². The van der Waals surface area contributed by atoms with Gasteiger partial charge in [-0.05, 0) is 37.7 Å². The number of benzene rings is 1. The third-order valence-electron chi connectivity index (χ3n) is 3.35. The lowest BCUT2D eigenvalue weighted by Gasteiger charge is -2.33. The first-order valence-electron chi connectivity index (χ1n) is 7.28. The van der Waals surface area contributed by atoms with E-state index in [0.29, 0.717) is 18.5 Å². The Balaban J connectivity index is 2.85. The molecule has 1 aromatic carbocycles. The topological polar surface area (TPSA) is 32.5 Å². The Labute approximate surface area is 132 Å². The normalized spacial score (nSPS) is 13.4. The quantitative estimate of drug-likeness (QED) is 0.788. The molecule has 0 aliphatic carbocycles. The summed E-state index contributed by atoms with van der Waals surface area (Å²) in [5.74, 6) is 0.640. The predicted molar refractivity (Wildman–Crippen MR) is 90.9 cm³/mol. The van der Waals surface area contributed by atoms with Gasteiger partial charge in [-0.1, -0.05) is 41.9 Å². The zero-order chi connectivity index (χ0) is 15.1. The summed E-state index contributed by atoms with van der Waals surface area (Å²) in [6.07, 6.45) is 0. The van der Waals surface area contributed by atoms with E-state index in [-0.39, 0.29) is 0 Å². The number of nitrogens with two attached hydrogens (primary N) is 1. The van der Waals surface area contributed by atoms with Gasteiger partial charge in [-0.3, -0.25) is 4.90 Å². The minimum Gasteiger partial charge on any atom is -0.329 e. The van der Waals surface area contributed by atoms with Gasteiger partial charge in [0.1, 0.15) is 0 Å². The second-order valence-corrected chi connectivity index (χ2v) is 6.91. The summed E-state index contributed by atoms with van der Waals surface area (Å²) in [6, 6.07) is 8.83. The summed E-state index contributed by atoms with van der Waals surface area (Å²) in [6.45, 7) is 8.35. The predicted octanol–water partition coefficient (Wildman–Crippen LogP) is 2.97. The van der Waals surface area contributed by atoms with Gasteiger partial charge in [0.05, 0.1) is 0 Å². The van der Waals surface area contributed by atoms with Crippen LogP contribution in [0.5, 0.6) is 0 Å². The molecule has 0 saturated heterocycles. The molecule has 20 heavy (non-hydrogen) atoms. The lowest BCUT2D eigenvalue weighted by Crippen LogP contribution is -2.40. The van der Waals surface area contributed by atoms with Crippen LogP contribution in [0.4, 0.5) is 0 Å². The summed E-state index contributed by atoms with van der Waals surface area (Å²) in [5.41, 5.74) is 7.36. The highest BCUT2D eigenvalue weighted by atomic mass is 79.9. The Morgan fingerprint density at radius 3 is 2.15 bits per heavy atom. The van der Waals surface area contributed by atoms with Crippen molar-refractivity contribution in [2.24, 2.45) is 11.7 Å². The highest BCUT2D eigenvalue weighted by Gasteiger charge is 2.19. The molecule has 0 bridgehead atoms. The van der Waals surface area contributed by atoms with Gasteiger partial charge >= 0.3 is 0 Å². The molecule has 0 aliphatic heterocycles. The minimum absolute atomic E-state index is 0.297. The fourth-order valence-corrected chi connectivity index (χ4v) is 2.62. The molecule has 1 aromatic rings. The smallest absolute Gasteiger partial charge is 0.0471 e. The van der Waals surface area contributed by atoms with Crippen molar-refractivity contribution in [1.29, 1.82) is 0 Å². The molecular formula is C16H28BrN3. The van der Waals surface area contributed by atoms with E-state index in [1.807, 2.05) is 0 Å². The van der Waals surface area contributed by atoms with Crippen LogP contribution in [0.1, 0.15) is 25.5 Å². The highest BCUT2D eigenvalue weighted by molar-refractivity contribution is 9.10. The number of hydrogen-bond acceptors (Lipinski definition) is 3.